The molecule has 2 N–H and O–H groups in total. The van der Waals surface area contributed by atoms with Crippen LogP contribution in [0.15, 0.2) is 54.9 Å². The number of amides is 2. The molecule has 0 atom stereocenters. The molecule has 26 heavy (non-hydrogen) atoms. The van der Waals surface area contributed by atoms with Crippen LogP contribution in [0.25, 0.3) is 0 Å². The van der Waals surface area contributed by atoms with E-state index in [4.69, 9.17) is 0 Å². The van der Waals surface area contributed by atoms with Crippen LogP contribution in [0.2, 0.25) is 0 Å². The number of benzene rings is 1. The number of aryl methyl sites for hydroxylation is 2. The van der Waals surface area contributed by atoms with Crippen molar-refractivity contribution < 1.29 is 9.59 Å². The molecule has 0 radical (unpaired) electrons. The summed E-state index contributed by atoms with van der Waals surface area (Å²) in [5.74, 6) is -0.373. The third kappa shape index (κ3) is 4.32. The summed E-state index contributed by atoms with van der Waals surface area (Å²) in [6.45, 7) is 1.89. The van der Waals surface area contributed by atoms with Crippen molar-refractivity contribution >= 4 is 23.2 Å². The number of rotatable bonds is 5. The average Bonchev–Trinajstić information content (AvgIpc) is 2.93. The molecule has 0 saturated heterocycles. The topological polar surface area (TPSA) is 88.9 Å². The van der Waals surface area contributed by atoms with Crippen LogP contribution in [-0.2, 0) is 18.3 Å². The lowest BCUT2D eigenvalue weighted by Gasteiger charge is -2.08. The van der Waals surface area contributed by atoms with Crippen molar-refractivity contribution in [2.45, 2.75) is 13.3 Å². The maximum Gasteiger partial charge on any atom is 0.255 e. The minimum Gasteiger partial charge on any atom is -0.326 e. The molecule has 7 nitrogen and oxygen atoms in total. The molecule has 1 aromatic carbocycles. The van der Waals surface area contributed by atoms with Crippen LogP contribution < -0.4 is 10.6 Å². The Balaban J connectivity index is 1.59. The number of carbonyl (C=O) groups excluding carboxylic acids is 2. The number of nitrogens with one attached hydrogen (secondary N) is 2. The van der Waals surface area contributed by atoms with Gasteiger partial charge in [-0.1, -0.05) is 0 Å². The van der Waals surface area contributed by atoms with Gasteiger partial charge in [-0.25, -0.2) is 0 Å². The van der Waals surface area contributed by atoms with Gasteiger partial charge in [0.25, 0.3) is 5.91 Å². The lowest BCUT2D eigenvalue weighted by atomic mass is 10.2. The van der Waals surface area contributed by atoms with Gasteiger partial charge in [-0.2, -0.15) is 5.10 Å². The smallest absolute Gasteiger partial charge is 0.255 e. The van der Waals surface area contributed by atoms with Gasteiger partial charge in [0, 0.05) is 30.2 Å². The second-order valence-corrected chi connectivity index (χ2v) is 5.90. The monoisotopic (exact) mass is 349 g/mol. The Morgan fingerprint density at radius 2 is 1.85 bits per heavy atom. The summed E-state index contributed by atoms with van der Waals surface area (Å²) in [5, 5.41) is 9.81. The van der Waals surface area contributed by atoms with E-state index in [0.717, 1.165) is 11.4 Å². The van der Waals surface area contributed by atoms with Gasteiger partial charge in [-0.3, -0.25) is 19.3 Å². The molecule has 0 bridgehead atoms. The zero-order valence-electron chi connectivity index (χ0n) is 14.6. The first-order valence-electron chi connectivity index (χ1n) is 8.12. The highest BCUT2D eigenvalue weighted by Crippen LogP contribution is 2.13. The molecule has 0 saturated carbocycles. The van der Waals surface area contributed by atoms with E-state index in [1.807, 2.05) is 20.0 Å². The van der Waals surface area contributed by atoms with Gasteiger partial charge in [0.2, 0.25) is 5.91 Å². The number of aromatic nitrogens is 3. The molecule has 132 valence electrons. The summed E-state index contributed by atoms with van der Waals surface area (Å²) >= 11 is 0. The first-order chi connectivity index (χ1) is 12.5. The molecule has 2 heterocycles. The van der Waals surface area contributed by atoms with Crippen LogP contribution in [0.1, 0.15) is 21.7 Å². The Morgan fingerprint density at radius 3 is 2.46 bits per heavy atom. The van der Waals surface area contributed by atoms with Crippen LogP contribution >= 0.6 is 0 Å². The number of hydrogen-bond donors (Lipinski definition) is 2. The van der Waals surface area contributed by atoms with Crippen molar-refractivity contribution in [2.75, 3.05) is 10.6 Å². The van der Waals surface area contributed by atoms with E-state index >= 15 is 0 Å². The number of anilines is 2. The fourth-order valence-corrected chi connectivity index (χ4v) is 2.54. The maximum atomic E-state index is 12.2. The molecule has 0 unspecified atom stereocenters. The van der Waals surface area contributed by atoms with Crippen molar-refractivity contribution in [2.24, 2.45) is 7.05 Å². The standard InChI is InChI=1S/C19H19N5O2/c1-13-10-17(24(2)23-13)11-18(25)21-15-7-5-14(6-8-15)19(26)22-16-4-3-9-20-12-16/h3-10,12H,11H2,1-2H3,(H,21,25)(H,22,26). The number of carbonyl (C=O) groups is 2. The fraction of sp³-hybridized carbons (Fsp3) is 0.158. The summed E-state index contributed by atoms with van der Waals surface area (Å²) in [4.78, 5) is 28.3. The van der Waals surface area contributed by atoms with Gasteiger partial charge in [0.1, 0.15) is 0 Å². The zero-order valence-corrected chi connectivity index (χ0v) is 14.6. The van der Waals surface area contributed by atoms with Crippen LogP contribution in [-0.4, -0.2) is 26.6 Å². The summed E-state index contributed by atoms with van der Waals surface area (Å²) in [6, 6.07) is 12.1. The van der Waals surface area contributed by atoms with Crippen LogP contribution in [0.4, 0.5) is 11.4 Å². The lowest BCUT2D eigenvalue weighted by molar-refractivity contribution is -0.115. The fourth-order valence-electron chi connectivity index (χ4n) is 2.54. The average molecular weight is 349 g/mol. The highest BCUT2D eigenvalue weighted by molar-refractivity contribution is 6.04. The second-order valence-electron chi connectivity index (χ2n) is 5.90. The molecule has 0 aliphatic heterocycles. The molecular weight excluding hydrogens is 330 g/mol. The summed E-state index contributed by atoms with van der Waals surface area (Å²) in [7, 11) is 1.81. The van der Waals surface area contributed by atoms with Crippen LogP contribution in [0, 0.1) is 6.92 Å². The van der Waals surface area contributed by atoms with Gasteiger partial charge in [-0.15, -0.1) is 0 Å². The van der Waals surface area contributed by atoms with E-state index in [1.54, 1.807) is 53.5 Å². The van der Waals surface area contributed by atoms with Gasteiger partial charge < -0.3 is 10.6 Å². The molecule has 3 aromatic rings. The first kappa shape index (κ1) is 17.3. The number of nitrogens with zero attached hydrogens (tertiary/aromatic N) is 3. The molecule has 0 aliphatic carbocycles. The summed E-state index contributed by atoms with van der Waals surface area (Å²) in [5.41, 5.74) is 3.47. The van der Waals surface area contributed by atoms with Gasteiger partial charge in [0.05, 0.1) is 24.0 Å². The van der Waals surface area contributed by atoms with Crippen molar-refractivity contribution in [1.29, 1.82) is 0 Å². The van der Waals surface area contributed by atoms with Gasteiger partial charge >= 0.3 is 0 Å². The van der Waals surface area contributed by atoms with E-state index in [1.165, 1.54) is 0 Å². The SMILES string of the molecule is Cc1cc(CC(=O)Nc2ccc(C(=O)Nc3cccnc3)cc2)n(C)n1. The Hall–Kier alpha value is -3.48. The predicted octanol–water partition coefficient (Wildman–Crippen LogP) is 2.56. The summed E-state index contributed by atoms with van der Waals surface area (Å²) in [6.07, 6.45) is 3.45. The molecular formula is C19H19N5O2. The normalized spacial score (nSPS) is 10.4. The van der Waals surface area contributed by atoms with E-state index in [0.29, 0.717) is 16.9 Å². The van der Waals surface area contributed by atoms with Crippen LogP contribution in [0.5, 0.6) is 0 Å². The molecule has 2 aromatic heterocycles. The Bertz CT molecular complexity index is 917. The van der Waals surface area contributed by atoms with E-state index < -0.39 is 0 Å². The third-order valence-electron chi connectivity index (χ3n) is 3.79. The van der Waals surface area contributed by atoms with Crippen molar-refractivity contribution in [3.63, 3.8) is 0 Å². The van der Waals surface area contributed by atoms with Crippen LogP contribution in [0.3, 0.4) is 0 Å². The van der Waals surface area contributed by atoms with Crippen molar-refractivity contribution in [1.82, 2.24) is 14.8 Å². The third-order valence-corrected chi connectivity index (χ3v) is 3.79. The number of pyridine rings is 1. The van der Waals surface area contributed by atoms with E-state index in [2.05, 4.69) is 20.7 Å². The minimum atomic E-state index is -0.235. The summed E-state index contributed by atoms with van der Waals surface area (Å²) < 4.78 is 1.70. The molecule has 7 heteroatoms. The maximum absolute atomic E-state index is 12.2. The number of hydrogen-bond acceptors (Lipinski definition) is 4. The van der Waals surface area contributed by atoms with E-state index in [9.17, 15) is 9.59 Å². The molecule has 2 amide bonds. The van der Waals surface area contributed by atoms with E-state index in [-0.39, 0.29) is 18.2 Å². The first-order valence-corrected chi connectivity index (χ1v) is 8.12. The highest BCUT2D eigenvalue weighted by atomic mass is 16.2. The quantitative estimate of drug-likeness (QED) is 0.741. The largest absolute Gasteiger partial charge is 0.326 e. The zero-order chi connectivity index (χ0) is 18.5. The van der Waals surface area contributed by atoms with Crippen molar-refractivity contribution in [3.8, 4) is 0 Å². The predicted molar refractivity (Wildman–Crippen MR) is 98.9 cm³/mol. The Kier molecular flexibility index (Phi) is 5.07. The van der Waals surface area contributed by atoms with Gasteiger partial charge in [-0.05, 0) is 49.4 Å². The molecule has 3 rings (SSSR count). The second kappa shape index (κ2) is 7.60. The minimum absolute atomic E-state index is 0.138. The van der Waals surface area contributed by atoms with Crippen molar-refractivity contribution in [3.05, 3.63) is 71.8 Å². The molecule has 0 aliphatic rings. The molecule has 0 fully saturated rings. The molecule has 0 spiro atoms. The van der Waals surface area contributed by atoms with Gasteiger partial charge in [0.15, 0.2) is 0 Å². The Morgan fingerprint density at radius 1 is 1.08 bits per heavy atom. The Labute approximate surface area is 151 Å². The lowest BCUT2D eigenvalue weighted by Crippen LogP contribution is -2.16. The highest BCUT2D eigenvalue weighted by Gasteiger charge is 2.10.